The summed E-state index contributed by atoms with van der Waals surface area (Å²) in [6.07, 6.45) is -3.98. The molecular formula is C13H19F3N2. The number of hydrogen-bond donors (Lipinski definition) is 2. The van der Waals surface area contributed by atoms with Crippen molar-refractivity contribution in [3.63, 3.8) is 0 Å². The van der Waals surface area contributed by atoms with E-state index in [4.69, 9.17) is 5.73 Å². The van der Waals surface area contributed by atoms with E-state index in [2.05, 4.69) is 5.32 Å². The third-order valence-electron chi connectivity index (χ3n) is 2.56. The summed E-state index contributed by atoms with van der Waals surface area (Å²) in [4.78, 5) is 0. The van der Waals surface area contributed by atoms with Crippen LogP contribution in [0.2, 0.25) is 0 Å². The Hall–Kier alpha value is -1.07. The lowest BCUT2D eigenvalue weighted by atomic mass is 10.1. The predicted molar refractivity (Wildman–Crippen MR) is 66.3 cm³/mol. The van der Waals surface area contributed by atoms with Crippen LogP contribution in [0.4, 0.5) is 13.2 Å². The van der Waals surface area contributed by atoms with Gasteiger partial charge in [-0.05, 0) is 24.9 Å². The summed E-state index contributed by atoms with van der Waals surface area (Å²) in [7, 11) is 0. The highest BCUT2D eigenvalue weighted by molar-refractivity contribution is 5.15. The van der Waals surface area contributed by atoms with E-state index in [1.165, 1.54) is 0 Å². The summed E-state index contributed by atoms with van der Waals surface area (Å²) in [5.74, 6) is 0. The van der Waals surface area contributed by atoms with Crippen LogP contribution in [0.15, 0.2) is 30.3 Å². The Labute approximate surface area is 105 Å². The molecule has 0 aromatic heterocycles. The van der Waals surface area contributed by atoms with Crippen molar-refractivity contribution in [3.05, 3.63) is 35.9 Å². The first-order valence-electron chi connectivity index (χ1n) is 6.04. The topological polar surface area (TPSA) is 38.0 Å². The Morgan fingerprint density at radius 2 is 1.83 bits per heavy atom. The lowest BCUT2D eigenvalue weighted by Gasteiger charge is -2.13. The summed E-state index contributed by atoms with van der Waals surface area (Å²) in [6, 6.07) is 9.73. The fourth-order valence-corrected chi connectivity index (χ4v) is 1.69. The van der Waals surface area contributed by atoms with E-state index in [0.717, 1.165) is 12.0 Å². The molecule has 0 saturated carbocycles. The molecule has 0 bridgehead atoms. The molecule has 0 radical (unpaired) electrons. The van der Waals surface area contributed by atoms with Gasteiger partial charge in [0, 0.05) is 19.0 Å². The third kappa shape index (κ3) is 7.29. The number of benzene rings is 1. The van der Waals surface area contributed by atoms with E-state index in [0.29, 0.717) is 13.1 Å². The summed E-state index contributed by atoms with van der Waals surface area (Å²) < 4.78 is 35.6. The van der Waals surface area contributed by atoms with Crippen molar-refractivity contribution in [2.24, 2.45) is 5.73 Å². The maximum Gasteiger partial charge on any atom is 0.389 e. The Kier molecular flexibility index (Phi) is 6.15. The minimum Gasteiger partial charge on any atom is -0.326 e. The average molecular weight is 260 g/mol. The van der Waals surface area contributed by atoms with Crippen LogP contribution in [0, 0.1) is 0 Å². The highest BCUT2D eigenvalue weighted by Crippen LogP contribution is 2.20. The van der Waals surface area contributed by atoms with Gasteiger partial charge in [0.1, 0.15) is 0 Å². The first-order chi connectivity index (χ1) is 8.47. The van der Waals surface area contributed by atoms with Crippen molar-refractivity contribution in [1.29, 1.82) is 0 Å². The Morgan fingerprint density at radius 3 is 2.44 bits per heavy atom. The zero-order valence-corrected chi connectivity index (χ0v) is 10.2. The first-order valence-corrected chi connectivity index (χ1v) is 6.04. The average Bonchev–Trinajstić information content (AvgIpc) is 2.28. The van der Waals surface area contributed by atoms with Gasteiger partial charge in [-0.15, -0.1) is 0 Å². The number of halogens is 3. The Bertz CT molecular complexity index is 325. The minimum atomic E-state index is -4.06. The van der Waals surface area contributed by atoms with Gasteiger partial charge >= 0.3 is 6.18 Å². The van der Waals surface area contributed by atoms with Crippen LogP contribution < -0.4 is 11.1 Å². The molecule has 2 nitrogen and oxygen atoms in total. The molecule has 102 valence electrons. The number of rotatable bonds is 7. The molecule has 0 spiro atoms. The summed E-state index contributed by atoms with van der Waals surface area (Å²) in [5, 5.41) is 2.95. The molecule has 0 heterocycles. The summed E-state index contributed by atoms with van der Waals surface area (Å²) in [6.45, 7) is 0.884. The zero-order valence-electron chi connectivity index (χ0n) is 10.2. The maximum atomic E-state index is 11.9. The molecule has 1 atom stereocenters. The van der Waals surface area contributed by atoms with Gasteiger partial charge in [0.2, 0.25) is 0 Å². The molecule has 0 fully saturated rings. The second-order valence-electron chi connectivity index (χ2n) is 4.37. The van der Waals surface area contributed by atoms with Crippen LogP contribution in [0.1, 0.15) is 18.4 Å². The van der Waals surface area contributed by atoms with Crippen LogP contribution in [0.5, 0.6) is 0 Å². The number of nitrogens with two attached hydrogens (primary N) is 1. The smallest absolute Gasteiger partial charge is 0.326 e. The van der Waals surface area contributed by atoms with E-state index < -0.39 is 12.6 Å². The number of hydrogen-bond acceptors (Lipinski definition) is 2. The summed E-state index contributed by atoms with van der Waals surface area (Å²) in [5.41, 5.74) is 7.03. The van der Waals surface area contributed by atoms with Gasteiger partial charge in [-0.2, -0.15) is 13.2 Å². The van der Waals surface area contributed by atoms with Crippen LogP contribution in [0.25, 0.3) is 0 Å². The minimum absolute atomic E-state index is 0.0710. The number of alkyl halides is 3. The molecular weight excluding hydrogens is 241 g/mol. The molecule has 0 aliphatic rings. The molecule has 0 aliphatic heterocycles. The van der Waals surface area contributed by atoms with Crippen molar-refractivity contribution >= 4 is 0 Å². The van der Waals surface area contributed by atoms with Gasteiger partial charge in [-0.25, -0.2) is 0 Å². The molecule has 1 rings (SSSR count). The molecule has 5 heteroatoms. The summed E-state index contributed by atoms with van der Waals surface area (Å²) >= 11 is 0. The number of nitrogens with one attached hydrogen (secondary N) is 1. The SMILES string of the molecule is NC(CNCCCC(F)(F)F)Cc1ccccc1. The van der Waals surface area contributed by atoms with Gasteiger partial charge in [0.05, 0.1) is 0 Å². The predicted octanol–water partition coefficient (Wildman–Crippen LogP) is 2.49. The van der Waals surface area contributed by atoms with E-state index in [1.807, 2.05) is 30.3 Å². The van der Waals surface area contributed by atoms with Crippen LogP contribution >= 0.6 is 0 Å². The molecule has 0 aliphatic carbocycles. The maximum absolute atomic E-state index is 11.9. The quantitative estimate of drug-likeness (QED) is 0.739. The molecule has 1 unspecified atom stereocenters. The van der Waals surface area contributed by atoms with Crippen molar-refractivity contribution in [2.45, 2.75) is 31.5 Å². The van der Waals surface area contributed by atoms with Gasteiger partial charge in [-0.3, -0.25) is 0 Å². The standard InChI is InChI=1S/C13H19F3N2/c14-13(15,16)7-4-8-18-10-12(17)9-11-5-2-1-3-6-11/h1-3,5-6,12,18H,4,7-10,17H2. The van der Waals surface area contributed by atoms with E-state index >= 15 is 0 Å². The highest BCUT2D eigenvalue weighted by Gasteiger charge is 2.25. The molecule has 1 aromatic carbocycles. The van der Waals surface area contributed by atoms with Gasteiger partial charge in [-0.1, -0.05) is 30.3 Å². The van der Waals surface area contributed by atoms with Gasteiger partial charge in [0.25, 0.3) is 0 Å². The Balaban J connectivity index is 2.09. The van der Waals surface area contributed by atoms with Gasteiger partial charge in [0.15, 0.2) is 0 Å². The van der Waals surface area contributed by atoms with Crippen LogP contribution in [-0.2, 0) is 6.42 Å². The fraction of sp³-hybridized carbons (Fsp3) is 0.538. The zero-order chi connectivity index (χ0) is 13.4. The van der Waals surface area contributed by atoms with Crippen molar-refractivity contribution in [1.82, 2.24) is 5.32 Å². The van der Waals surface area contributed by atoms with Crippen molar-refractivity contribution in [2.75, 3.05) is 13.1 Å². The van der Waals surface area contributed by atoms with Crippen molar-refractivity contribution < 1.29 is 13.2 Å². The van der Waals surface area contributed by atoms with E-state index in [-0.39, 0.29) is 12.5 Å². The highest BCUT2D eigenvalue weighted by atomic mass is 19.4. The monoisotopic (exact) mass is 260 g/mol. The molecule has 0 saturated heterocycles. The molecule has 1 aromatic rings. The Morgan fingerprint density at radius 1 is 1.17 bits per heavy atom. The third-order valence-corrected chi connectivity index (χ3v) is 2.56. The second-order valence-corrected chi connectivity index (χ2v) is 4.37. The molecule has 18 heavy (non-hydrogen) atoms. The molecule has 3 N–H and O–H groups in total. The lowest BCUT2D eigenvalue weighted by molar-refractivity contribution is -0.135. The largest absolute Gasteiger partial charge is 0.389 e. The van der Waals surface area contributed by atoms with E-state index in [9.17, 15) is 13.2 Å². The van der Waals surface area contributed by atoms with E-state index in [1.54, 1.807) is 0 Å². The van der Waals surface area contributed by atoms with Crippen LogP contribution in [-0.4, -0.2) is 25.3 Å². The fourth-order valence-electron chi connectivity index (χ4n) is 1.69. The second kappa shape index (κ2) is 7.38. The first kappa shape index (κ1) is 15.0. The van der Waals surface area contributed by atoms with Gasteiger partial charge < -0.3 is 11.1 Å². The van der Waals surface area contributed by atoms with Crippen molar-refractivity contribution in [3.8, 4) is 0 Å². The normalized spacial score (nSPS) is 13.6. The van der Waals surface area contributed by atoms with Crippen LogP contribution in [0.3, 0.4) is 0 Å². The lowest BCUT2D eigenvalue weighted by Crippen LogP contribution is -2.36. The molecule has 0 amide bonds.